The van der Waals surface area contributed by atoms with E-state index in [9.17, 15) is 0 Å². The summed E-state index contributed by atoms with van der Waals surface area (Å²) in [6.07, 6.45) is 6.94. The fourth-order valence-corrected chi connectivity index (χ4v) is 2.84. The minimum absolute atomic E-state index is 0.901. The van der Waals surface area contributed by atoms with Gasteiger partial charge in [-0.15, -0.1) is 0 Å². The standard InChI is InChI=1S/C14H29N3/c1-12-8-6-7-9-13(12)10-11-15-14(16(2)3)17(4)5/h12-13H,6-11H2,1-5H3. The highest BCUT2D eigenvalue weighted by Gasteiger charge is 2.20. The molecule has 0 bridgehead atoms. The first-order valence-electron chi connectivity index (χ1n) is 6.91. The van der Waals surface area contributed by atoms with E-state index in [1.807, 2.05) is 0 Å². The zero-order valence-corrected chi connectivity index (χ0v) is 12.2. The predicted octanol–water partition coefficient (Wildman–Crippen LogP) is 2.68. The second kappa shape index (κ2) is 6.87. The molecule has 0 spiro atoms. The van der Waals surface area contributed by atoms with Crippen LogP contribution in [0.15, 0.2) is 4.99 Å². The Morgan fingerprint density at radius 3 is 2.18 bits per heavy atom. The molecule has 3 nitrogen and oxygen atoms in total. The number of hydrogen-bond donors (Lipinski definition) is 0. The number of hydrogen-bond acceptors (Lipinski definition) is 1. The van der Waals surface area contributed by atoms with Crippen molar-refractivity contribution in [2.45, 2.75) is 39.0 Å². The van der Waals surface area contributed by atoms with Gasteiger partial charge in [0.05, 0.1) is 0 Å². The molecule has 2 unspecified atom stereocenters. The molecule has 1 rings (SSSR count). The van der Waals surface area contributed by atoms with Crippen LogP contribution in [0.1, 0.15) is 39.0 Å². The van der Waals surface area contributed by atoms with Crippen molar-refractivity contribution < 1.29 is 0 Å². The molecule has 0 aromatic carbocycles. The molecule has 1 aliphatic rings. The molecule has 0 aliphatic heterocycles. The molecule has 100 valence electrons. The lowest BCUT2D eigenvalue weighted by Gasteiger charge is -2.28. The second-order valence-electron chi connectivity index (χ2n) is 5.78. The van der Waals surface area contributed by atoms with Crippen LogP contribution < -0.4 is 0 Å². The van der Waals surface area contributed by atoms with Crippen molar-refractivity contribution in [3.05, 3.63) is 0 Å². The average Bonchev–Trinajstić information content (AvgIpc) is 2.25. The quantitative estimate of drug-likeness (QED) is 0.557. The predicted molar refractivity (Wildman–Crippen MR) is 75.4 cm³/mol. The summed E-state index contributed by atoms with van der Waals surface area (Å²) in [5.74, 6) is 2.88. The molecule has 0 radical (unpaired) electrons. The summed E-state index contributed by atoms with van der Waals surface area (Å²) in [6.45, 7) is 3.38. The molecule has 0 aromatic rings. The molecule has 2 atom stereocenters. The van der Waals surface area contributed by atoms with Crippen LogP contribution in [0.2, 0.25) is 0 Å². The molecule has 3 heteroatoms. The molecule has 0 heterocycles. The SMILES string of the molecule is CC1CCCCC1CCN=C(N(C)C)N(C)C. The van der Waals surface area contributed by atoms with E-state index in [0.29, 0.717) is 0 Å². The van der Waals surface area contributed by atoms with Crippen LogP contribution in [0.4, 0.5) is 0 Å². The van der Waals surface area contributed by atoms with Crippen molar-refractivity contribution in [1.29, 1.82) is 0 Å². The highest BCUT2D eigenvalue weighted by molar-refractivity contribution is 5.79. The Morgan fingerprint density at radius 1 is 1.06 bits per heavy atom. The van der Waals surface area contributed by atoms with Crippen molar-refractivity contribution in [1.82, 2.24) is 9.80 Å². The monoisotopic (exact) mass is 239 g/mol. The largest absolute Gasteiger partial charge is 0.349 e. The van der Waals surface area contributed by atoms with Crippen molar-refractivity contribution in [3.63, 3.8) is 0 Å². The van der Waals surface area contributed by atoms with Crippen molar-refractivity contribution in [2.75, 3.05) is 34.7 Å². The first-order chi connectivity index (χ1) is 8.02. The zero-order valence-electron chi connectivity index (χ0n) is 12.2. The molecular formula is C14H29N3. The summed E-state index contributed by atoms with van der Waals surface area (Å²) < 4.78 is 0. The van der Waals surface area contributed by atoms with Crippen LogP contribution >= 0.6 is 0 Å². The Kier molecular flexibility index (Phi) is 5.79. The lowest BCUT2D eigenvalue weighted by atomic mass is 9.79. The Labute approximate surface area is 107 Å². The lowest BCUT2D eigenvalue weighted by Crippen LogP contribution is -2.35. The number of rotatable bonds is 3. The average molecular weight is 239 g/mol. The molecule has 17 heavy (non-hydrogen) atoms. The van der Waals surface area contributed by atoms with E-state index in [4.69, 9.17) is 4.99 Å². The van der Waals surface area contributed by atoms with Gasteiger partial charge in [-0.3, -0.25) is 4.99 Å². The summed E-state index contributed by atoms with van der Waals surface area (Å²) in [5.41, 5.74) is 0. The summed E-state index contributed by atoms with van der Waals surface area (Å²) in [6, 6.07) is 0. The maximum absolute atomic E-state index is 4.72. The van der Waals surface area contributed by atoms with Crippen LogP contribution in [-0.4, -0.2) is 50.5 Å². The molecular weight excluding hydrogens is 210 g/mol. The second-order valence-corrected chi connectivity index (χ2v) is 5.78. The third kappa shape index (κ3) is 4.57. The van der Waals surface area contributed by atoms with Crippen LogP contribution in [0.5, 0.6) is 0 Å². The molecule has 1 aliphatic carbocycles. The number of aliphatic imine (C=N–C) groups is 1. The fraction of sp³-hybridized carbons (Fsp3) is 0.929. The van der Waals surface area contributed by atoms with E-state index >= 15 is 0 Å². The van der Waals surface area contributed by atoms with Crippen LogP contribution in [0, 0.1) is 11.8 Å². The highest BCUT2D eigenvalue weighted by Crippen LogP contribution is 2.31. The van der Waals surface area contributed by atoms with Gasteiger partial charge in [-0.25, -0.2) is 0 Å². The van der Waals surface area contributed by atoms with Crippen LogP contribution in [-0.2, 0) is 0 Å². The van der Waals surface area contributed by atoms with Gasteiger partial charge in [0.2, 0.25) is 0 Å². The minimum Gasteiger partial charge on any atom is -0.349 e. The summed E-state index contributed by atoms with van der Waals surface area (Å²) in [5, 5.41) is 0. The van der Waals surface area contributed by atoms with Crippen LogP contribution in [0.3, 0.4) is 0 Å². The Hall–Kier alpha value is -0.730. The third-order valence-corrected chi connectivity index (χ3v) is 3.84. The zero-order chi connectivity index (χ0) is 12.8. The van der Waals surface area contributed by atoms with Gasteiger partial charge in [-0.1, -0.05) is 32.6 Å². The molecule has 1 fully saturated rings. The van der Waals surface area contributed by atoms with Gasteiger partial charge >= 0.3 is 0 Å². The fourth-order valence-electron chi connectivity index (χ4n) is 2.84. The Morgan fingerprint density at radius 2 is 1.65 bits per heavy atom. The van der Waals surface area contributed by atoms with Gasteiger partial charge < -0.3 is 9.80 Å². The Bertz CT molecular complexity index is 236. The van der Waals surface area contributed by atoms with E-state index < -0.39 is 0 Å². The molecule has 0 amide bonds. The first-order valence-corrected chi connectivity index (χ1v) is 6.91. The summed E-state index contributed by atoms with van der Waals surface area (Å²) in [7, 11) is 8.23. The van der Waals surface area contributed by atoms with Crippen LogP contribution in [0.25, 0.3) is 0 Å². The summed E-state index contributed by atoms with van der Waals surface area (Å²) in [4.78, 5) is 8.89. The molecule has 0 N–H and O–H groups in total. The van der Waals surface area contributed by atoms with Gasteiger partial charge in [0.25, 0.3) is 0 Å². The van der Waals surface area contributed by atoms with E-state index in [2.05, 4.69) is 44.9 Å². The lowest BCUT2D eigenvalue weighted by molar-refractivity contribution is 0.245. The molecule has 0 saturated heterocycles. The van der Waals surface area contributed by atoms with Crippen molar-refractivity contribution in [3.8, 4) is 0 Å². The smallest absolute Gasteiger partial charge is 0.195 e. The summed E-state index contributed by atoms with van der Waals surface area (Å²) >= 11 is 0. The van der Waals surface area contributed by atoms with E-state index in [-0.39, 0.29) is 0 Å². The van der Waals surface area contributed by atoms with Gasteiger partial charge in [-0.2, -0.15) is 0 Å². The maximum Gasteiger partial charge on any atom is 0.195 e. The third-order valence-electron chi connectivity index (χ3n) is 3.84. The van der Waals surface area contributed by atoms with Gasteiger partial charge in [-0.05, 0) is 18.3 Å². The van der Waals surface area contributed by atoms with E-state index in [0.717, 1.165) is 24.3 Å². The van der Waals surface area contributed by atoms with Gasteiger partial charge in [0, 0.05) is 34.7 Å². The number of nitrogens with zero attached hydrogens (tertiary/aromatic N) is 3. The van der Waals surface area contributed by atoms with Crippen molar-refractivity contribution in [2.24, 2.45) is 16.8 Å². The first kappa shape index (κ1) is 14.3. The maximum atomic E-state index is 4.72. The topological polar surface area (TPSA) is 18.8 Å². The van der Waals surface area contributed by atoms with E-state index in [1.54, 1.807) is 0 Å². The molecule has 0 aromatic heterocycles. The van der Waals surface area contributed by atoms with Gasteiger partial charge in [0.1, 0.15) is 0 Å². The van der Waals surface area contributed by atoms with E-state index in [1.165, 1.54) is 32.1 Å². The Balaban J connectivity index is 2.41. The number of guanidine groups is 1. The molecule has 1 saturated carbocycles. The van der Waals surface area contributed by atoms with Gasteiger partial charge in [0.15, 0.2) is 5.96 Å². The highest BCUT2D eigenvalue weighted by atomic mass is 15.3. The minimum atomic E-state index is 0.901. The normalized spacial score (nSPS) is 24.3. The van der Waals surface area contributed by atoms with Crippen molar-refractivity contribution >= 4 is 5.96 Å².